The Kier molecular flexibility index (Phi) is 4.20. The molecule has 140 valence electrons. The van der Waals surface area contributed by atoms with Gasteiger partial charge in [-0.2, -0.15) is 5.10 Å². The molecule has 27 heavy (non-hydrogen) atoms. The molecule has 0 radical (unpaired) electrons. The topological polar surface area (TPSA) is 76.5 Å². The number of benzene rings is 1. The normalized spacial score (nSPS) is 20.0. The van der Waals surface area contributed by atoms with Crippen LogP contribution < -0.4 is 20.5 Å². The molecule has 5 N–H and O–H groups in total. The molecule has 0 bridgehead atoms. The number of aromatic nitrogens is 3. The van der Waals surface area contributed by atoms with E-state index in [4.69, 9.17) is 5.73 Å². The fourth-order valence-corrected chi connectivity index (χ4v) is 4.76. The first kappa shape index (κ1) is 16.6. The Labute approximate surface area is 159 Å². The van der Waals surface area contributed by atoms with E-state index >= 15 is 0 Å². The van der Waals surface area contributed by atoms with Gasteiger partial charge in [0.1, 0.15) is 18.9 Å². The summed E-state index contributed by atoms with van der Waals surface area (Å²) in [5, 5.41) is 8.51. The van der Waals surface area contributed by atoms with Gasteiger partial charge in [-0.3, -0.25) is 4.90 Å². The summed E-state index contributed by atoms with van der Waals surface area (Å²) in [7, 11) is 0. The van der Waals surface area contributed by atoms with Crippen molar-refractivity contribution < 1.29 is 9.88 Å². The van der Waals surface area contributed by atoms with E-state index in [2.05, 4.69) is 50.4 Å². The summed E-state index contributed by atoms with van der Waals surface area (Å²) in [4.78, 5) is 7.76. The van der Waals surface area contributed by atoms with Gasteiger partial charge in [0.2, 0.25) is 5.82 Å². The lowest BCUT2D eigenvalue weighted by molar-refractivity contribution is -0.929. The minimum atomic E-state index is 0.689. The van der Waals surface area contributed by atoms with Crippen LogP contribution in [0.5, 0.6) is 0 Å². The predicted molar refractivity (Wildman–Crippen MR) is 107 cm³/mol. The quantitative estimate of drug-likeness (QED) is 0.651. The minimum Gasteiger partial charge on any atom is -0.382 e. The number of piperidine rings is 1. The number of nitrogen functional groups attached to an aromatic ring is 1. The molecule has 5 rings (SSSR count). The SMILES string of the molecule is Nc1[nH]nc2[nH+]c(N3CCCCC3)c3c(c12)CC[NH+](Cc1ccccc1)C3. The Morgan fingerprint density at radius 2 is 1.93 bits per heavy atom. The molecule has 3 aromatic rings. The van der Waals surface area contributed by atoms with Crippen molar-refractivity contribution in [2.24, 2.45) is 0 Å². The Morgan fingerprint density at radius 3 is 2.74 bits per heavy atom. The van der Waals surface area contributed by atoms with E-state index in [-0.39, 0.29) is 0 Å². The van der Waals surface area contributed by atoms with Crippen LogP contribution in [0.4, 0.5) is 11.6 Å². The second kappa shape index (κ2) is 6.85. The molecule has 4 heterocycles. The standard InChI is InChI=1S/C21H26N6/c22-19-18-16-9-12-26(13-15-7-3-1-4-8-15)14-17(16)21(23-20(18)25-24-19)27-10-5-2-6-11-27/h1,3-4,7-8H,2,5-6,9-14H2,(H3,22,23,24,25)/p+2. The van der Waals surface area contributed by atoms with E-state index in [0.717, 1.165) is 50.2 Å². The number of hydrogen-bond acceptors (Lipinski definition) is 3. The molecule has 0 saturated carbocycles. The van der Waals surface area contributed by atoms with Crippen molar-refractivity contribution in [3.05, 3.63) is 47.0 Å². The second-order valence-electron chi connectivity index (χ2n) is 7.93. The zero-order valence-electron chi connectivity index (χ0n) is 15.7. The minimum absolute atomic E-state index is 0.689. The zero-order valence-corrected chi connectivity index (χ0v) is 15.7. The number of anilines is 2. The number of nitrogens with two attached hydrogens (primary N) is 1. The molecule has 6 nitrogen and oxygen atoms in total. The van der Waals surface area contributed by atoms with Crippen LogP contribution in [-0.2, 0) is 19.5 Å². The first-order valence-electron chi connectivity index (χ1n) is 10.1. The molecule has 1 unspecified atom stereocenters. The van der Waals surface area contributed by atoms with E-state index in [0.29, 0.717) is 5.82 Å². The van der Waals surface area contributed by atoms with Crippen molar-refractivity contribution in [1.29, 1.82) is 0 Å². The maximum absolute atomic E-state index is 6.23. The van der Waals surface area contributed by atoms with Crippen molar-refractivity contribution in [1.82, 2.24) is 10.2 Å². The number of rotatable bonds is 3. The Hall–Kier alpha value is -2.60. The lowest BCUT2D eigenvalue weighted by atomic mass is 9.96. The van der Waals surface area contributed by atoms with Crippen LogP contribution in [0.15, 0.2) is 30.3 Å². The van der Waals surface area contributed by atoms with E-state index in [1.54, 1.807) is 4.90 Å². The number of H-pyrrole nitrogens is 2. The van der Waals surface area contributed by atoms with Crippen molar-refractivity contribution in [2.45, 2.75) is 38.8 Å². The molecule has 2 aliphatic rings. The fraction of sp³-hybridized carbons (Fsp3) is 0.429. The van der Waals surface area contributed by atoms with Gasteiger partial charge < -0.3 is 10.6 Å². The second-order valence-corrected chi connectivity index (χ2v) is 7.93. The van der Waals surface area contributed by atoms with Crippen LogP contribution >= 0.6 is 0 Å². The van der Waals surface area contributed by atoms with Gasteiger partial charge in [-0.25, -0.2) is 4.98 Å². The van der Waals surface area contributed by atoms with Gasteiger partial charge in [0.25, 0.3) is 5.65 Å². The lowest BCUT2D eigenvalue weighted by Gasteiger charge is -2.30. The van der Waals surface area contributed by atoms with Crippen LogP contribution in [0.3, 0.4) is 0 Å². The number of fused-ring (bicyclic) bond motifs is 3. The van der Waals surface area contributed by atoms with Gasteiger partial charge in [-0.05, 0) is 29.9 Å². The van der Waals surface area contributed by atoms with Gasteiger partial charge in [0.15, 0.2) is 0 Å². The lowest BCUT2D eigenvalue weighted by Crippen LogP contribution is -3.10. The highest BCUT2D eigenvalue weighted by Crippen LogP contribution is 2.30. The van der Waals surface area contributed by atoms with Gasteiger partial charge in [-0.1, -0.05) is 30.3 Å². The number of nitrogens with zero attached hydrogens (tertiary/aromatic N) is 2. The maximum atomic E-state index is 6.23. The molecule has 2 aliphatic heterocycles. The van der Waals surface area contributed by atoms with E-state index in [9.17, 15) is 0 Å². The summed E-state index contributed by atoms with van der Waals surface area (Å²) in [6, 6.07) is 10.8. The van der Waals surface area contributed by atoms with Crippen LogP contribution in [0, 0.1) is 0 Å². The number of hydrogen-bond donors (Lipinski definition) is 3. The highest BCUT2D eigenvalue weighted by atomic mass is 15.2. The third-order valence-corrected chi connectivity index (χ3v) is 6.11. The van der Waals surface area contributed by atoms with Crippen LogP contribution in [0.2, 0.25) is 0 Å². The van der Waals surface area contributed by atoms with Crippen molar-refractivity contribution in [3.63, 3.8) is 0 Å². The summed E-state index contributed by atoms with van der Waals surface area (Å²) in [5.74, 6) is 1.96. The Balaban J connectivity index is 1.54. The molecule has 6 heteroatoms. The average molecular weight is 364 g/mol. The average Bonchev–Trinajstić information content (AvgIpc) is 3.10. The molecule has 1 saturated heterocycles. The fourth-order valence-electron chi connectivity index (χ4n) is 4.76. The van der Waals surface area contributed by atoms with E-state index < -0.39 is 0 Å². The van der Waals surface area contributed by atoms with Crippen molar-refractivity contribution in [2.75, 3.05) is 30.3 Å². The zero-order chi connectivity index (χ0) is 18.2. The van der Waals surface area contributed by atoms with Gasteiger partial charge in [0, 0.05) is 12.0 Å². The monoisotopic (exact) mass is 364 g/mol. The maximum Gasteiger partial charge on any atom is 0.295 e. The first-order valence-corrected chi connectivity index (χ1v) is 10.1. The Bertz CT molecular complexity index is 942. The molecule has 0 aliphatic carbocycles. The summed E-state index contributed by atoms with van der Waals surface area (Å²) in [6.45, 7) is 5.49. The van der Waals surface area contributed by atoms with Crippen LogP contribution in [0.25, 0.3) is 11.0 Å². The third kappa shape index (κ3) is 3.04. The van der Waals surface area contributed by atoms with E-state index in [1.165, 1.54) is 41.8 Å². The third-order valence-electron chi connectivity index (χ3n) is 6.11. The van der Waals surface area contributed by atoms with E-state index in [1.807, 2.05) is 0 Å². The first-order chi connectivity index (χ1) is 13.3. The number of pyridine rings is 1. The molecule has 0 amide bonds. The number of nitrogens with one attached hydrogen (secondary N) is 3. The predicted octanol–water partition coefficient (Wildman–Crippen LogP) is 1.09. The molecule has 1 atom stereocenters. The summed E-state index contributed by atoms with van der Waals surface area (Å²) in [6.07, 6.45) is 4.92. The molecule has 2 aromatic heterocycles. The highest BCUT2D eigenvalue weighted by Gasteiger charge is 2.32. The van der Waals surface area contributed by atoms with Crippen molar-refractivity contribution >= 4 is 22.7 Å². The van der Waals surface area contributed by atoms with Crippen molar-refractivity contribution in [3.8, 4) is 0 Å². The summed E-state index contributed by atoms with van der Waals surface area (Å²) < 4.78 is 0. The molecular formula is C21H28N6+2. The molecule has 1 fully saturated rings. The van der Waals surface area contributed by atoms with Crippen LogP contribution in [0.1, 0.15) is 36.0 Å². The highest BCUT2D eigenvalue weighted by molar-refractivity contribution is 5.89. The van der Waals surface area contributed by atoms with Gasteiger partial charge in [0.05, 0.1) is 30.6 Å². The molecular weight excluding hydrogens is 336 g/mol. The Morgan fingerprint density at radius 1 is 1.11 bits per heavy atom. The number of aromatic amines is 2. The molecule has 0 spiro atoms. The van der Waals surface area contributed by atoms with Gasteiger partial charge in [-0.15, -0.1) is 0 Å². The van der Waals surface area contributed by atoms with Crippen LogP contribution in [-0.4, -0.2) is 29.8 Å². The largest absolute Gasteiger partial charge is 0.382 e. The molecule has 1 aromatic carbocycles. The summed E-state index contributed by atoms with van der Waals surface area (Å²) >= 11 is 0. The number of quaternary nitrogens is 1. The summed E-state index contributed by atoms with van der Waals surface area (Å²) in [5.41, 5.74) is 11.4. The smallest absolute Gasteiger partial charge is 0.295 e. The van der Waals surface area contributed by atoms with Gasteiger partial charge >= 0.3 is 0 Å².